The molecule has 1 N–H and O–H groups in total. The lowest BCUT2D eigenvalue weighted by Gasteiger charge is -2.13. The maximum absolute atomic E-state index is 12.6. The molecule has 1 atom stereocenters. The van der Waals surface area contributed by atoms with E-state index in [9.17, 15) is 4.79 Å². The Balaban J connectivity index is 1.71. The van der Waals surface area contributed by atoms with Crippen LogP contribution in [0.25, 0.3) is 0 Å². The lowest BCUT2D eigenvalue weighted by molar-refractivity contribution is -0.125. The SMILES string of the molecule is COc1ccc(OC)c(C2=NOC(C(=O)Nc3ccc(OC)c(OC)c3)C2)c1. The number of ether oxygens (including phenoxy) is 4. The first-order valence-corrected chi connectivity index (χ1v) is 8.57. The van der Waals surface area contributed by atoms with E-state index in [-0.39, 0.29) is 5.91 Å². The van der Waals surface area contributed by atoms with Gasteiger partial charge in [0.05, 0.1) is 34.2 Å². The molecule has 0 spiro atoms. The van der Waals surface area contributed by atoms with Gasteiger partial charge in [0.15, 0.2) is 11.5 Å². The van der Waals surface area contributed by atoms with Crippen molar-refractivity contribution in [1.29, 1.82) is 0 Å². The molecule has 0 aliphatic carbocycles. The minimum absolute atomic E-state index is 0.308. The fraction of sp³-hybridized carbons (Fsp3) is 0.300. The maximum Gasteiger partial charge on any atom is 0.268 e. The monoisotopic (exact) mass is 386 g/mol. The van der Waals surface area contributed by atoms with Gasteiger partial charge < -0.3 is 29.1 Å². The van der Waals surface area contributed by atoms with E-state index in [0.29, 0.717) is 40.8 Å². The zero-order valence-corrected chi connectivity index (χ0v) is 16.1. The number of amides is 1. The molecular weight excluding hydrogens is 364 g/mol. The third-order valence-electron chi connectivity index (χ3n) is 4.33. The standard InChI is InChI=1S/C20H22N2O6/c1-24-13-6-8-16(25-2)14(10-13)15-11-19(28-22-15)20(23)21-12-5-7-17(26-3)18(9-12)27-4/h5-10,19H,11H2,1-4H3,(H,21,23). The summed E-state index contributed by atoms with van der Waals surface area (Å²) in [5.41, 5.74) is 1.91. The molecule has 1 heterocycles. The second kappa shape index (κ2) is 8.51. The third kappa shape index (κ3) is 3.95. The average Bonchev–Trinajstić information content (AvgIpc) is 3.23. The van der Waals surface area contributed by atoms with Gasteiger partial charge >= 0.3 is 0 Å². The molecule has 0 saturated heterocycles. The van der Waals surface area contributed by atoms with Crippen LogP contribution in [-0.2, 0) is 9.63 Å². The second-order valence-electron chi connectivity index (χ2n) is 5.96. The summed E-state index contributed by atoms with van der Waals surface area (Å²) < 4.78 is 21.1. The van der Waals surface area contributed by atoms with E-state index >= 15 is 0 Å². The predicted molar refractivity (Wildman–Crippen MR) is 104 cm³/mol. The van der Waals surface area contributed by atoms with Crippen molar-refractivity contribution < 1.29 is 28.6 Å². The van der Waals surface area contributed by atoms with Crippen molar-refractivity contribution in [3.05, 3.63) is 42.0 Å². The van der Waals surface area contributed by atoms with Gasteiger partial charge in [0, 0.05) is 23.7 Å². The molecule has 3 rings (SSSR count). The predicted octanol–water partition coefficient (Wildman–Crippen LogP) is 2.85. The van der Waals surface area contributed by atoms with E-state index in [1.807, 2.05) is 0 Å². The molecule has 0 fully saturated rings. The summed E-state index contributed by atoms with van der Waals surface area (Å²) in [7, 11) is 6.24. The molecule has 0 radical (unpaired) electrons. The Labute approximate surface area is 163 Å². The van der Waals surface area contributed by atoms with Crippen LogP contribution in [-0.4, -0.2) is 46.2 Å². The summed E-state index contributed by atoms with van der Waals surface area (Å²) in [5.74, 6) is 2.08. The first-order chi connectivity index (χ1) is 13.6. The third-order valence-corrected chi connectivity index (χ3v) is 4.33. The van der Waals surface area contributed by atoms with Crippen molar-refractivity contribution in [1.82, 2.24) is 0 Å². The highest BCUT2D eigenvalue weighted by atomic mass is 16.6. The number of nitrogens with one attached hydrogen (secondary N) is 1. The zero-order chi connectivity index (χ0) is 20.1. The molecule has 0 bridgehead atoms. The minimum atomic E-state index is -0.751. The summed E-state index contributed by atoms with van der Waals surface area (Å²) in [6, 6.07) is 10.5. The minimum Gasteiger partial charge on any atom is -0.497 e. The zero-order valence-electron chi connectivity index (χ0n) is 16.1. The van der Waals surface area contributed by atoms with Crippen LogP contribution in [0.2, 0.25) is 0 Å². The number of methoxy groups -OCH3 is 4. The number of rotatable bonds is 7. The summed E-state index contributed by atoms with van der Waals surface area (Å²) in [6.07, 6.45) is -0.443. The van der Waals surface area contributed by atoms with Crippen LogP contribution in [0, 0.1) is 0 Å². The van der Waals surface area contributed by atoms with E-state index in [1.165, 1.54) is 7.11 Å². The van der Waals surface area contributed by atoms with Gasteiger partial charge in [-0.2, -0.15) is 0 Å². The van der Waals surface area contributed by atoms with Gasteiger partial charge in [-0.25, -0.2) is 0 Å². The molecule has 2 aromatic carbocycles. The molecule has 1 unspecified atom stereocenters. The first-order valence-electron chi connectivity index (χ1n) is 8.57. The summed E-state index contributed by atoms with van der Waals surface area (Å²) in [4.78, 5) is 17.9. The summed E-state index contributed by atoms with van der Waals surface area (Å²) in [6.45, 7) is 0. The van der Waals surface area contributed by atoms with Crippen molar-refractivity contribution in [2.75, 3.05) is 33.8 Å². The number of oxime groups is 1. The molecule has 1 aliphatic rings. The first kappa shape index (κ1) is 19.3. The molecule has 8 heteroatoms. The molecule has 1 amide bonds. The highest BCUT2D eigenvalue weighted by Crippen LogP contribution is 2.31. The van der Waals surface area contributed by atoms with Gasteiger partial charge in [0.2, 0.25) is 6.10 Å². The molecule has 2 aromatic rings. The largest absolute Gasteiger partial charge is 0.497 e. The van der Waals surface area contributed by atoms with Crippen LogP contribution in [0.15, 0.2) is 41.6 Å². The van der Waals surface area contributed by atoms with Crippen molar-refractivity contribution in [2.24, 2.45) is 5.16 Å². The van der Waals surface area contributed by atoms with Crippen molar-refractivity contribution in [3.63, 3.8) is 0 Å². The molecule has 148 valence electrons. The molecular formula is C20H22N2O6. The van der Waals surface area contributed by atoms with Gasteiger partial charge in [0.1, 0.15) is 11.5 Å². The fourth-order valence-corrected chi connectivity index (χ4v) is 2.85. The Bertz CT molecular complexity index is 896. The number of benzene rings is 2. The lowest BCUT2D eigenvalue weighted by Crippen LogP contribution is -2.28. The van der Waals surface area contributed by atoms with Gasteiger partial charge in [0.25, 0.3) is 5.91 Å². The highest BCUT2D eigenvalue weighted by Gasteiger charge is 2.30. The van der Waals surface area contributed by atoms with E-state index in [0.717, 1.165) is 5.56 Å². The molecule has 28 heavy (non-hydrogen) atoms. The normalized spacial score (nSPS) is 15.3. The molecule has 8 nitrogen and oxygen atoms in total. The number of nitrogens with zero attached hydrogens (tertiary/aromatic N) is 1. The van der Waals surface area contributed by atoms with Crippen molar-refractivity contribution in [3.8, 4) is 23.0 Å². The van der Waals surface area contributed by atoms with E-state index in [2.05, 4.69) is 10.5 Å². The van der Waals surface area contributed by atoms with Crippen molar-refractivity contribution in [2.45, 2.75) is 12.5 Å². The maximum atomic E-state index is 12.6. The number of carbonyl (C=O) groups is 1. The van der Waals surface area contributed by atoms with Crippen LogP contribution < -0.4 is 24.3 Å². The van der Waals surface area contributed by atoms with Crippen LogP contribution in [0.3, 0.4) is 0 Å². The second-order valence-corrected chi connectivity index (χ2v) is 5.96. The van der Waals surface area contributed by atoms with E-state index in [4.69, 9.17) is 23.8 Å². The van der Waals surface area contributed by atoms with E-state index < -0.39 is 6.10 Å². The number of anilines is 1. The van der Waals surface area contributed by atoms with Crippen LogP contribution in [0.5, 0.6) is 23.0 Å². The molecule has 0 saturated carbocycles. The Morgan fingerprint density at radius 1 is 0.964 bits per heavy atom. The van der Waals surface area contributed by atoms with Gasteiger partial charge in [-0.05, 0) is 30.3 Å². The summed E-state index contributed by atoms with van der Waals surface area (Å²) >= 11 is 0. The molecule has 1 aliphatic heterocycles. The molecule has 0 aromatic heterocycles. The number of hydrogen-bond donors (Lipinski definition) is 1. The van der Waals surface area contributed by atoms with Gasteiger partial charge in [-0.3, -0.25) is 4.79 Å². The van der Waals surface area contributed by atoms with Crippen molar-refractivity contribution >= 4 is 17.3 Å². The summed E-state index contributed by atoms with van der Waals surface area (Å²) in [5, 5.41) is 6.88. The number of hydrogen-bond acceptors (Lipinski definition) is 7. The van der Waals surface area contributed by atoms with E-state index in [1.54, 1.807) is 57.7 Å². The quantitative estimate of drug-likeness (QED) is 0.787. The topological polar surface area (TPSA) is 87.6 Å². The smallest absolute Gasteiger partial charge is 0.268 e. The lowest BCUT2D eigenvalue weighted by atomic mass is 10.0. The average molecular weight is 386 g/mol. The van der Waals surface area contributed by atoms with Crippen LogP contribution in [0.4, 0.5) is 5.69 Å². The highest BCUT2D eigenvalue weighted by molar-refractivity contribution is 6.07. The Hall–Kier alpha value is -3.42. The van der Waals surface area contributed by atoms with Crippen LogP contribution >= 0.6 is 0 Å². The van der Waals surface area contributed by atoms with Crippen LogP contribution in [0.1, 0.15) is 12.0 Å². The van der Waals surface area contributed by atoms with Gasteiger partial charge in [-0.1, -0.05) is 5.16 Å². The Kier molecular flexibility index (Phi) is 5.88. The Morgan fingerprint density at radius 2 is 1.68 bits per heavy atom. The Morgan fingerprint density at radius 3 is 2.36 bits per heavy atom. The van der Waals surface area contributed by atoms with Gasteiger partial charge in [-0.15, -0.1) is 0 Å². The fourth-order valence-electron chi connectivity index (χ4n) is 2.85. The number of carbonyl (C=O) groups excluding carboxylic acids is 1.